The van der Waals surface area contributed by atoms with Gasteiger partial charge in [0.1, 0.15) is 23.7 Å². The Labute approximate surface area is 222 Å². The van der Waals surface area contributed by atoms with Gasteiger partial charge in [-0.15, -0.1) is 0 Å². The van der Waals surface area contributed by atoms with Gasteiger partial charge in [0.05, 0.1) is 12.3 Å². The van der Waals surface area contributed by atoms with Gasteiger partial charge in [0.2, 0.25) is 0 Å². The van der Waals surface area contributed by atoms with Gasteiger partial charge < -0.3 is 9.47 Å². The largest absolute Gasteiger partial charge is 0.494 e. The van der Waals surface area contributed by atoms with Crippen molar-refractivity contribution in [2.45, 2.75) is 13.5 Å². The van der Waals surface area contributed by atoms with Gasteiger partial charge in [0.15, 0.2) is 0 Å². The molecule has 0 saturated carbocycles. The van der Waals surface area contributed by atoms with Crippen molar-refractivity contribution < 1.29 is 23.9 Å². The molecule has 0 aliphatic carbocycles. The summed E-state index contributed by atoms with van der Waals surface area (Å²) in [5.41, 5.74) is 1.07. The van der Waals surface area contributed by atoms with Crippen LogP contribution in [0.5, 0.6) is 11.5 Å². The van der Waals surface area contributed by atoms with E-state index in [2.05, 4.69) is 5.32 Å². The third-order valence-electron chi connectivity index (χ3n) is 5.18. The number of barbiturate groups is 1. The predicted molar refractivity (Wildman–Crippen MR) is 139 cm³/mol. The molecule has 36 heavy (non-hydrogen) atoms. The summed E-state index contributed by atoms with van der Waals surface area (Å²) in [7, 11) is 0. The van der Waals surface area contributed by atoms with E-state index in [-0.39, 0.29) is 17.9 Å². The quantitative estimate of drug-likeness (QED) is 0.279. The Morgan fingerprint density at radius 3 is 2.28 bits per heavy atom. The van der Waals surface area contributed by atoms with Crippen LogP contribution in [-0.2, 0) is 16.2 Å². The second-order valence-corrected chi connectivity index (χ2v) is 8.87. The topological polar surface area (TPSA) is 84.9 Å². The van der Waals surface area contributed by atoms with Crippen molar-refractivity contribution in [2.75, 3.05) is 11.5 Å². The average Bonchev–Trinajstić information content (AvgIpc) is 2.83. The number of imide groups is 2. The van der Waals surface area contributed by atoms with Crippen molar-refractivity contribution in [2.24, 2.45) is 0 Å². The van der Waals surface area contributed by atoms with Gasteiger partial charge in [-0.2, -0.15) is 0 Å². The highest BCUT2D eigenvalue weighted by atomic mass is 35.5. The summed E-state index contributed by atoms with van der Waals surface area (Å²) in [5, 5.41) is 3.49. The first-order chi connectivity index (χ1) is 17.3. The maximum absolute atomic E-state index is 13.3. The highest BCUT2D eigenvalue weighted by Crippen LogP contribution is 2.30. The molecule has 4 rings (SSSR count). The molecule has 1 N–H and O–H groups in total. The van der Waals surface area contributed by atoms with E-state index in [9.17, 15) is 14.4 Å². The molecule has 184 valence electrons. The Morgan fingerprint density at radius 2 is 1.58 bits per heavy atom. The van der Waals surface area contributed by atoms with E-state index in [1.54, 1.807) is 60.7 Å². The van der Waals surface area contributed by atoms with Crippen LogP contribution in [0, 0.1) is 0 Å². The summed E-state index contributed by atoms with van der Waals surface area (Å²) < 4.78 is 11.3. The third kappa shape index (κ3) is 5.65. The van der Waals surface area contributed by atoms with Crippen molar-refractivity contribution in [3.8, 4) is 11.5 Å². The average molecular weight is 546 g/mol. The summed E-state index contributed by atoms with van der Waals surface area (Å²) >= 11 is 18.4. The first-order valence-corrected chi connectivity index (χ1v) is 11.9. The molecule has 10 heteroatoms. The number of hydrogen-bond acceptors (Lipinski definition) is 5. The fraction of sp³-hybridized carbons (Fsp3) is 0.115. The lowest BCUT2D eigenvalue weighted by Crippen LogP contribution is -2.54. The van der Waals surface area contributed by atoms with Crippen LogP contribution in [0.3, 0.4) is 0 Å². The van der Waals surface area contributed by atoms with Crippen LogP contribution in [0.15, 0.2) is 66.2 Å². The van der Waals surface area contributed by atoms with E-state index in [0.717, 1.165) is 4.90 Å². The summed E-state index contributed by atoms with van der Waals surface area (Å²) in [6.07, 6.45) is 1.33. The number of benzene rings is 3. The monoisotopic (exact) mass is 544 g/mol. The van der Waals surface area contributed by atoms with Gasteiger partial charge in [0, 0.05) is 26.2 Å². The van der Waals surface area contributed by atoms with E-state index in [1.807, 2.05) is 6.92 Å². The summed E-state index contributed by atoms with van der Waals surface area (Å²) in [5.74, 6) is -0.694. The number of carbonyl (C=O) groups excluding carboxylic acids is 3. The molecule has 1 aliphatic rings. The molecule has 1 aliphatic heterocycles. The van der Waals surface area contributed by atoms with Gasteiger partial charge in [-0.25, -0.2) is 9.69 Å². The molecule has 7 nitrogen and oxygen atoms in total. The molecule has 0 radical (unpaired) electrons. The molecule has 3 aromatic carbocycles. The second kappa shape index (κ2) is 11.0. The standard InChI is InChI=1S/C26H19Cl3N2O5/c1-2-35-20-8-6-19(7-9-20)31-25(33)21(24(32)30-26(31)34)12-16-11-17(27)5-10-23(16)36-14-15-3-4-18(28)13-22(15)29/h3-13H,2,14H2,1H3,(H,30,32,34)/b21-12+. The van der Waals surface area contributed by atoms with E-state index < -0.39 is 17.8 Å². The molecule has 0 unspecified atom stereocenters. The number of carbonyl (C=O) groups is 3. The molecule has 0 bridgehead atoms. The van der Waals surface area contributed by atoms with Crippen LogP contribution in [-0.4, -0.2) is 24.5 Å². The van der Waals surface area contributed by atoms with Gasteiger partial charge in [-0.1, -0.05) is 40.9 Å². The van der Waals surface area contributed by atoms with Gasteiger partial charge in [-0.3, -0.25) is 14.9 Å². The molecule has 0 spiro atoms. The zero-order valence-corrected chi connectivity index (χ0v) is 21.2. The van der Waals surface area contributed by atoms with Crippen molar-refractivity contribution in [1.29, 1.82) is 0 Å². The van der Waals surface area contributed by atoms with Crippen molar-refractivity contribution in [3.63, 3.8) is 0 Å². The Balaban J connectivity index is 1.64. The van der Waals surface area contributed by atoms with Crippen molar-refractivity contribution >= 4 is 64.4 Å². The zero-order valence-electron chi connectivity index (χ0n) is 18.9. The molecular formula is C26H19Cl3N2O5. The van der Waals surface area contributed by atoms with Crippen LogP contribution in [0.2, 0.25) is 15.1 Å². The smallest absolute Gasteiger partial charge is 0.335 e. The second-order valence-electron chi connectivity index (χ2n) is 7.59. The first kappa shape index (κ1) is 25.6. The number of rotatable bonds is 7. The van der Waals surface area contributed by atoms with E-state index in [0.29, 0.717) is 44.3 Å². The van der Waals surface area contributed by atoms with Gasteiger partial charge >= 0.3 is 6.03 Å². The number of nitrogens with zero attached hydrogens (tertiary/aromatic N) is 1. The molecule has 3 aromatic rings. The fourth-order valence-corrected chi connectivity index (χ4v) is 4.11. The van der Waals surface area contributed by atoms with Crippen LogP contribution in [0.1, 0.15) is 18.1 Å². The molecule has 4 amide bonds. The lowest BCUT2D eigenvalue weighted by atomic mass is 10.1. The molecule has 1 fully saturated rings. The predicted octanol–water partition coefficient (Wildman–Crippen LogP) is 6.29. The number of urea groups is 1. The van der Waals surface area contributed by atoms with Crippen LogP contribution >= 0.6 is 34.8 Å². The molecular weight excluding hydrogens is 527 g/mol. The minimum Gasteiger partial charge on any atom is -0.494 e. The van der Waals surface area contributed by atoms with Crippen LogP contribution < -0.4 is 19.7 Å². The number of hydrogen-bond donors (Lipinski definition) is 1. The third-order valence-corrected chi connectivity index (χ3v) is 6.00. The van der Waals surface area contributed by atoms with Crippen LogP contribution in [0.25, 0.3) is 6.08 Å². The molecule has 1 saturated heterocycles. The summed E-state index contributed by atoms with van der Waals surface area (Å²) in [6, 6.07) is 15.3. The van der Waals surface area contributed by atoms with Crippen LogP contribution in [0.4, 0.5) is 10.5 Å². The molecule has 1 heterocycles. The highest BCUT2D eigenvalue weighted by Gasteiger charge is 2.37. The Kier molecular flexibility index (Phi) is 7.84. The zero-order chi connectivity index (χ0) is 25.8. The minimum absolute atomic E-state index is 0.102. The SMILES string of the molecule is CCOc1ccc(N2C(=O)NC(=O)/C(=C\c3cc(Cl)ccc3OCc3ccc(Cl)cc3Cl)C2=O)cc1. The molecule has 0 atom stereocenters. The number of ether oxygens (including phenoxy) is 2. The fourth-order valence-electron chi connectivity index (χ4n) is 3.46. The number of nitrogens with one attached hydrogen (secondary N) is 1. The lowest BCUT2D eigenvalue weighted by Gasteiger charge is -2.26. The van der Waals surface area contributed by atoms with Gasteiger partial charge in [0.25, 0.3) is 11.8 Å². The van der Waals surface area contributed by atoms with E-state index in [4.69, 9.17) is 44.3 Å². The lowest BCUT2D eigenvalue weighted by molar-refractivity contribution is -0.122. The normalized spacial score (nSPS) is 14.7. The number of amides is 4. The van der Waals surface area contributed by atoms with Crippen molar-refractivity contribution in [1.82, 2.24) is 5.32 Å². The number of anilines is 1. The van der Waals surface area contributed by atoms with Gasteiger partial charge in [-0.05, 0) is 67.6 Å². The Bertz CT molecular complexity index is 1370. The maximum atomic E-state index is 13.3. The van der Waals surface area contributed by atoms with Crippen molar-refractivity contribution in [3.05, 3.63) is 92.4 Å². The highest BCUT2D eigenvalue weighted by molar-refractivity contribution is 6.39. The Morgan fingerprint density at radius 1 is 0.889 bits per heavy atom. The summed E-state index contributed by atoms with van der Waals surface area (Å²) in [4.78, 5) is 39.3. The number of halogens is 3. The van der Waals surface area contributed by atoms with E-state index in [1.165, 1.54) is 6.08 Å². The maximum Gasteiger partial charge on any atom is 0.335 e. The molecule has 0 aromatic heterocycles. The minimum atomic E-state index is -0.855. The first-order valence-electron chi connectivity index (χ1n) is 10.8. The van der Waals surface area contributed by atoms with E-state index >= 15 is 0 Å². The summed E-state index contributed by atoms with van der Waals surface area (Å²) in [6.45, 7) is 2.42. The Hall–Kier alpha value is -3.52.